The van der Waals surface area contributed by atoms with E-state index in [2.05, 4.69) is 0 Å². The van der Waals surface area contributed by atoms with Gasteiger partial charge in [-0.05, 0) is 43.5 Å². The molecule has 1 aliphatic rings. The number of aliphatic carboxylic acids is 1. The number of rotatable bonds is 6. The first-order valence-corrected chi connectivity index (χ1v) is 8.54. The summed E-state index contributed by atoms with van der Waals surface area (Å²) in [6, 6.07) is 3.43. The van der Waals surface area contributed by atoms with Gasteiger partial charge in [-0.2, -0.15) is 0 Å². The zero-order valence-corrected chi connectivity index (χ0v) is 15.1. The van der Waals surface area contributed by atoms with E-state index in [9.17, 15) is 9.59 Å². The van der Waals surface area contributed by atoms with Crippen LogP contribution in [0.25, 0.3) is 6.08 Å². The van der Waals surface area contributed by atoms with Crippen molar-refractivity contribution in [2.45, 2.75) is 19.8 Å². The molecule has 1 aromatic carbocycles. The summed E-state index contributed by atoms with van der Waals surface area (Å²) >= 11 is 6.19. The summed E-state index contributed by atoms with van der Waals surface area (Å²) in [7, 11) is 1.51. The van der Waals surface area contributed by atoms with Crippen LogP contribution in [0, 0.1) is 5.92 Å². The number of nitrogens with zero attached hydrogens (tertiary/aromatic N) is 1. The molecular weight excluding hydrogens is 346 g/mol. The number of hydrogen-bond donors (Lipinski definition) is 1. The van der Waals surface area contributed by atoms with Gasteiger partial charge in [0, 0.05) is 19.2 Å². The molecule has 1 aromatic rings. The third-order valence-electron chi connectivity index (χ3n) is 4.04. The van der Waals surface area contributed by atoms with E-state index in [4.69, 9.17) is 26.2 Å². The molecule has 1 N–H and O–H groups in total. The van der Waals surface area contributed by atoms with Crippen molar-refractivity contribution in [3.63, 3.8) is 0 Å². The molecule has 2 rings (SSSR count). The van der Waals surface area contributed by atoms with Crippen LogP contribution in [-0.4, -0.2) is 48.7 Å². The Morgan fingerprint density at radius 1 is 1.44 bits per heavy atom. The highest BCUT2D eigenvalue weighted by Gasteiger charge is 2.27. The molecule has 1 atom stereocenters. The number of methoxy groups -OCH3 is 1. The van der Waals surface area contributed by atoms with E-state index < -0.39 is 11.9 Å². The maximum absolute atomic E-state index is 12.3. The SMILES string of the molecule is CCOc1cc(C=CC(=O)N2CCCC(C(=O)O)C2)cc(Cl)c1OC. The second-order valence-electron chi connectivity index (χ2n) is 5.76. The molecule has 25 heavy (non-hydrogen) atoms. The minimum Gasteiger partial charge on any atom is -0.491 e. The standard InChI is InChI=1S/C18H22ClNO5/c1-3-25-15-10-12(9-14(19)17(15)24-2)6-7-16(21)20-8-4-5-13(11-20)18(22)23/h6-7,9-10,13H,3-5,8,11H2,1-2H3,(H,22,23). The topological polar surface area (TPSA) is 76.1 Å². The Morgan fingerprint density at radius 2 is 2.20 bits per heavy atom. The Labute approximate surface area is 152 Å². The smallest absolute Gasteiger partial charge is 0.308 e. The average Bonchev–Trinajstić information content (AvgIpc) is 2.60. The van der Waals surface area contributed by atoms with Crippen molar-refractivity contribution in [2.24, 2.45) is 5.92 Å². The second kappa shape index (κ2) is 8.76. The van der Waals surface area contributed by atoms with Gasteiger partial charge in [0.05, 0.1) is 24.7 Å². The predicted molar refractivity (Wildman–Crippen MR) is 95.1 cm³/mol. The number of halogens is 1. The number of carboxylic acids is 1. The van der Waals surface area contributed by atoms with Gasteiger partial charge >= 0.3 is 5.97 Å². The lowest BCUT2D eigenvalue weighted by atomic mass is 9.98. The highest BCUT2D eigenvalue weighted by Crippen LogP contribution is 2.36. The molecule has 0 aliphatic carbocycles. The number of hydrogen-bond acceptors (Lipinski definition) is 4. The lowest BCUT2D eigenvalue weighted by molar-refractivity contribution is -0.144. The third-order valence-corrected chi connectivity index (χ3v) is 4.32. The minimum atomic E-state index is -0.857. The fourth-order valence-corrected chi connectivity index (χ4v) is 3.09. The lowest BCUT2D eigenvalue weighted by Crippen LogP contribution is -2.41. The fourth-order valence-electron chi connectivity index (χ4n) is 2.80. The number of carbonyl (C=O) groups is 2. The molecule has 0 bridgehead atoms. The van der Waals surface area contributed by atoms with Crippen LogP contribution in [0.1, 0.15) is 25.3 Å². The molecule has 1 aliphatic heterocycles. The zero-order valence-electron chi connectivity index (χ0n) is 14.3. The Bertz CT molecular complexity index is 674. The normalized spacial score (nSPS) is 17.6. The van der Waals surface area contributed by atoms with E-state index in [0.29, 0.717) is 48.1 Å². The summed E-state index contributed by atoms with van der Waals surface area (Å²) in [5.41, 5.74) is 0.703. The van der Waals surface area contributed by atoms with E-state index in [0.717, 1.165) is 0 Å². The van der Waals surface area contributed by atoms with Gasteiger partial charge in [-0.3, -0.25) is 9.59 Å². The van der Waals surface area contributed by atoms with Gasteiger partial charge in [0.25, 0.3) is 0 Å². The van der Waals surface area contributed by atoms with Crippen molar-refractivity contribution in [1.82, 2.24) is 4.90 Å². The predicted octanol–water partition coefficient (Wildman–Crippen LogP) is 3.08. The van der Waals surface area contributed by atoms with Crippen molar-refractivity contribution < 1.29 is 24.2 Å². The van der Waals surface area contributed by atoms with Gasteiger partial charge < -0.3 is 19.5 Å². The highest BCUT2D eigenvalue weighted by molar-refractivity contribution is 6.32. The summed E-state index contributed by atoms with van der Waals surface area (Å²) in [4.78, 5) is 25.0. The number of benzene rings is 1. The molecule has 1 amide bonds. The minimum absolute atomic E-state index is 0.212. The molecule has 6 nitrogen and oxygen atoms in total. The van der Waals surface area contributed by atoms with Crippen molar-refractivity contribution in [2.75, 3.05) is 26.8 Å². The Hall–Kier alpha value is -2.21. The Balaban J connectivity index is 2.12. The zero-order chi connectivity index (χ0) is 18.4. The molecule has 1 unspecified atom stereocenters. The quantitative estimate of drug-likeness (QED) is 0.782. The van der Waals surface area contributed by atoms with Gasteiger partial charge in [-0.15, -0.1) is 0 Å². The first kappa shape index (κ1) is 19.1. The molecule has 7 heteroatoms. The third kappa shape index (κ3) is 4.89. The van der Waals surface area contributed by atoms with Crippen LogP contribution < -0.4 is 9.47 Å². The molecule has 1 saturated heterocycles. The maximum atomic E-state index is 12.3. The molecule has 0 radical (unpaired) electrons. The summed E-state index contributed by atoms with van der Waals surface area (Å²) in [5, 5.41) is 9.50. The number of piperidine rings is 1. The molecular formula is C18H22ClNO5. The van der Waals surface area contributed by atoms with Crippen molar-refractivity contribution in [3.8, 4) is 11.5 Å². The summed E-state index contributed by atoms with van der Waals surface area (Å²) in [6.45, 7) is 3.13. The average molecular weight is 368 g/mol. The van der Waals surface area contributed by atoms with Crippen molar-refractivity contribution >= 4 is 29.6 Å². The first-order chi connectivity index (χ1) is 12.0. The summed E-state index contributed by atoms with van der Waals surface area (Å²) < 4.78 is 10.7. The van der Waals surface area contributed by atoms with Crippen LogP contribution >= 0.6 is 11.6 Å². The van der Waals surface area contributed by atoms with Crippen molar-refractivity contribution in [1.29, 1.82) is 0 Å². The first-order valence-electron chi connectivity index (χ1n) is 8.16. The fraction of sp³-hybridized carbons (Fsp3) is 0.444. The lowest BCUT2D eigenvalue weighted by Gasteiger charge is -2.29. The van der Waals surface area contributed by atoms with E-state index in [1.807, 2.05) is 6.92 Å². The maximum Gasteiger partial charge on any atom is 0.308 e. The number of carbonyl (C=O) groups excluding carboxylic acids is 1. The van der Waals surface area contributed by atoms with Gasteiger partial charge in [0.1, 0.15) is 0 Å². The van der Waals surface area contributed by atoms with Gasteiger partial charge in [-0.1, -0.05) is 11.6 Å². The largest absolute Gasteiger partial charge is 0.491 e. The van der Waals surface area contributed by atoms with Gasteiger partial charge in [-0.25, -0.2) is 0 Å². The number of amides is 1. The summed E-state index contributed by atoms with van der Waals surface area (Å²) in [6.07, 6.45) is 4.37. The molecule has 1 heterocycles. The summed E-state index contributed by atoms with van der Waals surface area (Å²) in [5.74, 6) is -0.604. The van der Waals surface area contributed by atoms with Crippen LogP contribution in [0.5, 0.6) is 11.5 Å². The molecule has 0 saturated carbocycles. The number of ether oxygens (including phenoxy) is 2. The van der Waals surface area contributed by atoms with Crippen LogP contribution in [0.3, 0.4) is 0 Å². The van der Waals surface area contributed by atoms with Crippen LogP contribution in [-0.2, 0) is 9.59 Å². The monoisotopic (exact) mass is 367 g/mol. The molecule has 1 fully saturated rings. The van der Waals surface area contributed by atoms with Crippen LogP contribution in [0.15, 0.2) is 18.2 Å². The van der Waals surface area contributed by atoms with Crippen LogP contribution in [0.2, 0.25) is 5.02 Å². The van der Waals surface area contributed by atoms with E-state index in [-0.39, 0.29) is 12.5 Å². The molecule has 0 spiro atoms. The van der Waals surface area contributed by atoms with E-state index in [1.165, 1.54) is 13.2 Å². The Morgan fingerprint density at radius 3 is 2.84 bits per heavy atom. The number of likely N-dealkylation sites (tertiary alicyclic amines) is 1. The second-order valence-corrected chi connectivity index (χ2v) is 6.17. The van der Waals surface area contributed by atoms with E-state index in [1.54, 1.807) is 23.1 Å². The highest BCUT2D eigenvalue weighted by atomic mass is 35.5. The van der Waals surface area contributed by atoms with Crippen molar-refractivity contribution in [3.05, 3.63) is 28.8 Å². The Kier molecular flexibility index (Phi) is 6.70. The van der Waals surface area contributed by atoms with Gasteiger partial charge in [0.15, 0.2) is 11.5 Å². The van der Waals surface area contributed by atoms with E-state index >= 15 is 0 Å². The number of carboxylic acid groups (broad SMARTS) is 1. The molecule has 136 valence electrons. The van der Waals surface area contributed by atoms with Crippen LogP contribution in [0.4, 0.5) is 0 Å². The molecule has 0 aromatic heterocycles. The van der Waals surface area contributed by atoms with Gasteiger partial charge in [0.2, 0.25) is 5.91 Å².